The minimum Gasteiger partial charge on any atom is -0.340 e. The van der Waals surface area contributed by atoms with Gasteiger partial charge in [-0.1, -0.05) is 54.0 Å². The SMILES string of the molecule is C=CC.CC.CC.CCC.Cc1cn(C)cn1. The van der Waals surface area contributed by atoms with Crippen molar-refractivity contribution in [2.45, 2.75) is 61.8 Å². The Morgan fingerprint density at radius 3 is 1.59 bits per heavy atom. The van der Waals surface area contributed by atoms with Gasteiger partial charge in [-0.2, -0.15) is 0 Å². The summed E-state index contributed by atoms with van der Waals surface area (Å²) in [6.07, 6.45) is 6.76. The Morgan fingerprint density at radius 2 is 1.53 bits per heavy atom. The zero-order valence-electron chi connectivity index (χ0n) is 13.5. The van der Waals surface area contributed by atoms with Crippen molar-refractivity contribution in [3.05, 3.63) is 30.9 Å². The highest BCUT2D eigenvalue weighted by molar-refractivity contribution is 4.90. The molecule has 1 aromatic heterocycles. The molecule has 0 bridgehead atoms. The molecule has 0 aliphatic heterocycles. The Kier molecular flexibility index (Phi) is 43.2. The van der Waals surface area contributed by atoms with Crippen LogP contribution in [0.15, 0.2) is 25.2 Å². The molecule has 0 spiro atoms. The van der Waals surface area contributed by atoms with E-state index in [4.69, 9.17) is 0 Å². The molecule has 104 valence electrons. The van der Waals surface area contributed by atoms with Crippen molar-refractivity contribution in [3.63, 3.8) is 0 Å². The lowest BCUT2D eigenvalue weighted by molar-refractivity contribution is 0.913. The minimum absolute atomic E-state index is 1.07. The number of rotatable bonds is 0. The largest absolute Gasteiger partial charge is 0.340 e. The first-order chi connectivity index (χ1) is 8.12. The number of aromatic nitrogens is 2. The highest BCUT2D eigenvalue weighted by Gasteiger charge is 1.81. The number of imidazole rings is 1. The number of aryl methyl sites for hydroxylation is 2. The zero-order valence-corrected chi connectivity index (χ0v) is 13.5. The maximum absolute atomic E-state index is 3.98. The third kappa shape index (κ3) is 39.7. The third-order valence-electron chi connectivity index (χ3n) is 0.834. The molecule has 0 amide bonds. The van der Waals surface area contributed by atoms with E-state index in [0.29, 0.717) is 0 Å². The number of hydrogen-bond donors (Lipinski definition) is 0. The lowest BCUT2D eigenvalue weighted by Gasteiger charge is -1.78. The number of allylic oxidation sites excluding steroid dienone is 1. The molecule has 17 heavy (non-hydrogen) atoms. The standard InChI is InChI=1S/C5H8N2.C3H8.C3H6.2C2H6/c1-5-3-7(2)4-6-5;2*1-3-2;2*1-2/h3-4H,1-2H3;3H2,1-2H3;3H,1H2,2H3;2*1-2H3. The fourth-order valence-electron chi connectivity index (χ4n) is 0.544. The van der Waals surface area contributed by atoms with Crippen molar-refractivity contribution in [2.75, 3.05) is 0 Å². The summed E-state index contributed by atoms with van der Waals surface area (Å²) in [6, 6.07) is 0. The quantitative estimate of drug-likeness (QED) is 0.558. The molecule has 0 aliphatic carbocycles. The van der Waals surface area contributed by atoms with Gasteiger partial charge in [0.1, 0.15) is 0 Å². The molecule has 0 unspecified atom stereocenters. The maximum Gasteiger partial charge on any atom is 0.0946 e. The average Bonchev–Trinajstić information content (AvgIpc) is 2.70. The maximum atomic E-state index is 3.98. The van der Waals surface area contributed by atoms with E-state index < -0.39 is 0 Å². The van der Waals surface area contributed by atoms with E-state index in [1.165, 1.54) is 6.42 Å². The van der Waals surface area contributed by atoms with Crippen LogP contribution in [0.4, 0.5) is 0 Å². The van der Waals surface area contributed by atoms with Gasteiger partial charge in [0.05, 0.1) is 12.0 Å². The van der Waals surface area contributed by atoms with E-state index in [1.807, 2.05) is 59.4 Å². The summed E-state index contributed by atoms with van der Waals surface area (Å²) in [4.78, 5) is 3.98. The molecular weight excluding hydrogens is 208 g/mol. The van der Waals surface area contributed by atoms with Crippen molar-refractivity contribution in [1.82, 2.24) is 9.55 Å². The van der Waals surface area contributed by atoms with Crippen LogP contribution in [0, 0.1) is 6.92 Å². The summed E-state index contributed by atoms with van der Waals surface area (Å²) in [5.74, 6) is 0. The van der Waals surface area contributed by atoms with Crippen LogP contribution in [0.2, 0.25) is 0 Å². The zero-order chi connectivity index (χ0) is 14.7. The first kappa shape index (κ1) is 25.0. The van der Waals surface area contributed by atoms with E-state index in [-0.39, 0.29) is 0 Å². The molecule has 0 radical (unpaired) electrons. The van der Waals surface area contributed by atoms with E-state index >= 15 is 0 Å². The Bertz CT molecular complexity index is 186. The normalized spacial score (nSPS) is 6.41. The van der Waals surface area contributed by atoms with Gasteiger partial charge in [-0.3, -0.25) is 0 Å². The second kappa shape index (κ2) is 29.4. The molecule has 0 saturated heterocycles. The summed E-state index contributed by atoms with van der Waals surface area (Å²) in [6.45, 7) is 19.5. The van der Waals surface area contributed by atoms with Crippen LogP contribution < -0.4 is 0 Å². The Balaban J connectivity index is -0.0000000727. The molecule has 0 aromatic carbocycles. The molecule has 1 aromatic rings. The van der Waals surface area contributed by atoms with Crippen LogP contribution >= 0.6 is 0 Å². The lowest BCUT2D eigenvalue weighted by Crippen LogP contribution is -1.76. The van der Waals surface area contributed by atoms with Gasteiger partial charge in [0, 0.05) is 13.2 Å². The fraction of sp³-hybridized carbons (Fsp3) is 0.667. The molecule has 2 nitrogen and oxygen atoms in total. The van der Waals surface area contributed by atoms with E-state index in [1.54, 1.807) is 12.4 Å². The van der Waals surface area contributed by atoms with Crippen LogP contribution in [-0.4, -0.2) is 9.55 Å². The minimum atomic E-state index is 1.07. The molecule has 2 heteroatoms. The summed E-state index contributed by atoms with van der Waals surface area (Å²) in [5.41, 5.74) is 1.07. The van der Waals surface area contributed by atoms with Crippen LogP contribution in [0.3, 0.4) is 0 Å². The fourth-order valence-corrected chi connectivity index (χ4v) is 0.544. The summed E-state index contributed by atoms with van der Waals surface area (Å²) in [5, 5.41) is 0. The second-order valence-electron chi connectivity index (χ2n) is 2.80. The van der Waals surface area contributed by atoms with Gasteiger partial charge in [0.25, 0.3) is 0 Å². The molecule has 0 N–H and O–H groups in total. The smallest absolute Gasteiger partial charge is 0.0946 e. The Labute approximate surface area is 110 Å². The van der Waals surface area contributed by atoms with E-state index in [0.717, 1.165) is 5.69 Å². The highest BCUT2D eigenvalue weighted by Crippen LogP contribution is 1.86. The van der Waals surface area contributed by atoms with Gasteiger partial charge >= 0.3 is 0 Å². The van der Waals surface area contributed by atoms with E-state index in [9.17, 15) is 0 Å². The summed E-state index contributed by atoms with van der Waals surface area (Å²) in [7, 11) is 1.96. The van der Waals surface area contributed by atoms with Gasteiger partial charge in [-0.25, -0.2) is 4.98 Å². The van der Waals surface area contributed by atoms with Crippen molar-refractivity contribution in [1.29, 1.82) is 0 Å². The van der Waals surface area contributed by atoms with Crippen molar-refractivity contribution in [3.8, 4) is 0 Å². The lowest BCUT2D eigenvalue weighted by atomic mass is 10.6. The first-order valence-electron chi connectivity index (χ1n) is 6.63. The molecule has 0 aliphatic rings. The van der Waals surface area contributed by atoms with Gasteiger partial charge < -0.3 is 4.57 Å². The molecular formula is C15H34N2. The number of hydrogen-bond acceptors (Lipinski definition) is 1. The van der Waals surface area contributed by atoms with Gasteiger partial charge in [0.15, 0.2) is 0 Å². The molecule has 0 saturated carbocycles. The van der Waals surface area contributed by atoms with Crippen molar-refractivity contribution in [2.24, 2.45) is 7.05 Å². The second-order valence-corrected chi connectivity index (χ2v) is 2.80. The van der Waals surface area contributed by atoms with Crippen LogP contribution in [0.25, 0.3) is 0 Å². The molecule has 0 atom stereocenters. The highest BCUT2D eigenvalue weighted by atomic mass is 15.0. The van der Waals surface area contributed by atoms with Crippen LogP contribution in [0.5, 0.6) is 0 Å². The molecule has 1 heterocycles. The first-order valence-corrected chi connectivity index (χ1v) is 6.63. The topological polar surface area (TPSA) is 17.8 Å². The predicted octanol–water partition coefficient (Wildman–Crippen LogP) is 5.39. The third-order valence-corrected chi connectivity index (χ3v) is 0.834. The van der Waals surface area contributed by atoms with Crippen LogP contribution in [-0.2, 0) is 7.05 Å². The van der Waals surface area contributed by atoms with Crippen LogP contribution in [0.1, 0.15) is 60.6 Å². The predicted molar refractivity (Wildman–Crippen MR) is 82.5 cm³/mol. The molecule has 1 rings (SSSR count). The van der Waals surface area contributed by atoms with Gasteiger partial charge in [0.2, 0.25) is 0 Å². The van der Waals surface area contributed by atoms with Gasteiger partial charge in [-0.15, -0.1) is 6.58 Å². The van der Waals surface area contributed by atoms with Gasteiger partial charge in [-0.05, 0) is 13.8 Å². The monoisotopic (exact) mass is 242 g/mol. The number of nitrogens with zero attached hydrogens (tertiary/aromatic N) is 2. The Hall–Kier alpha value is -1.05. The summed E-state index contributed by atoms with van der Waals surface area (Å²) < 4.78 is 1.93. The average molecular weight is 242 g/mol. The van der Waals surface area contributed by atoms with E-state index in [2.05, 4.69) is 25.4 Å². The Morgan fingerprint density at radius 1 is 1.24 bits per heavy atom. The molecule has 0 fully saturated rings. The van der Waals surface area contributed by atoms with Crippen molar-refractivity contribution < 1.29 is 0 Å². The van der Waals surface area contributed by atoms with Crippen molar-refractivity contribution >= 4 is 0 Å². The summed E-state index contributed by atoms with van der Waals surface area (Å²) >= 11 is 0.